The molecule has 0 heterocycles. The largest absolute Gasteiger partial charge is 0.468 e. The zero-order valence-electron chi connectivity index (χ0n) is 17.6. The van der Waals surface area contributed by atoms with Crippen LogP contribution in [0.4, 0.5) is 0 Å². The van der Waals surface area contributed by atoms with Crippen LogP contribution in [-0.4, -0.2) is 26.2 Å². The lowest BCUT2D eigenvalue weighted by Crippen LogP contribution is -2.39. The fraction of sp³-hybridized carbons (Fsp3) is 0.840. The molecule has 4 heteroatoms. The molecule has 7 aliphatic rings. The van der Waals surface area contributed by atoms with E-state index in [1.165, 1.54) is 63.9 Å². The van der Waals surface area contributed by atoms with E-state index in [9.17, 15) is 9.59 Å². The molecule has 6 fully saturated rings. The highest BCUT2D eigenvalue weighted by atomic mass is 16.5. The van der Waals surface area contributed by atoms with Crippen molar-refractivity contribution in [3.8, 4) is 0 Å². The third-order valence-corrected chi connectivity index (χ3v) is 10.8. The van der Waals surface area contributed by atoms with Gasteiger partial charge >= 0.3 is 11.9 Å². The molecule has 0 aromatic rings. The number of ether oxygens (including phenoxy) is 2. The van der Waals surface area contributed by atoms with Crippen molar-refractivity contribution < 1.29 is 19.1 Å². The molecular weight excluding hydrogens is 364 g/mol. The van der Waals surface area contributed by atoms with Gasteiger partial charge in [-0.2, -0.15) is 0 Å². The van der Waals surface area contributed by atoms with E-state index in [0.29, 0.717) is 24.7 Å². The molecule has 4 nitrogen and oxygen atoms in total. The molecule has 29 heavy (non-hydrogen) atoms. The summed E-state index contributed by atoms with van der Waals surface area (Å²) < 4.78 is 10.4. The number of allylic oxidation sites excluding steroid dienone is 2. The first-order valence-electron chi connectivity index (χ1n) is 12.0. The Morgan fingerprint density at radius 3 is 1.34 bits per heavy atom. The fourth-order valence-electron chi connectivity index (χ4n) is 9.95. The molecule has 0 aromatic carbocycles. The summed E-state index contributed by atoms with van der Waals surface area (Å²) in [7, 11) is 2.84. The zero-order valence-corrected chi connectivity index (χ0v) is 17.6. The Morgan fingerprint density at radius 2 is 1.03 bits per heavy atom. The van der Waals surface area contributed by atoms with E-state index < -0.39 is 5.41 Å². The summed E-state index contributed by atoms with van der Waals surface area (Å²) in [5, 5.41) is 0. The second-order valence-corrected chi connectivity index (χ2v) is 11.5. The first kappa shape index (κ1) is 17.4. The molecular formula is C25H32O4. The summed E-state index contributed by atoms with van der Waals surface area (Å²) in [6, 6.07) is 0. The van der Waals surface area contributed by atoms with E-state index in [4.69, 9.17) is 9.47 Å². The Kier molecular flexibility index (Phi) is 3.28. The van der Waals surface area contributed by atoms with Gasteiger partial charge in [-0.05, 0) is 111 Å². The molecule has 7 rings (SSSR count). The van der Waals surface area contributed by atoms with Crippen LogP contribution in [0, 0.1) is 64.6 Å². The van der Waals surface area contributed by atoms with Crippen LogP contribution in [0.25, 0.3) is 0 Å². The van der Waals surface area contributed by atoms with Crippen LogP contribution in [0.3, 0.4) is 0 Å². The van der Waals surface area contributed by atoms with E-state index in [1.807, 2.05) is 0 Å². The third-order valence-electron chi connectivity index (χ3n) is 10.8. The van der Waals surface area contributed by atoms with Gasteiger partial charge in [-0.1, -0.05) is 11.1 Å². The van der Waals surface area contributed by atoms with Gasteiger partial charge in [0.1, 0.15) is 0 Å². The second kappa shape index (κ2) is 5.48. The van der Waals surface area contributed by atoms with Gasteiger partial charge in [0.25, 0.3) is 0 Å². The Balaban J connectivity index is 1.27. The van der Waals surface area contributed by atoms with Crippen LogP contribution >= 0.6 is 0 Å². The molecule has 4 bridgehead atoms. The average molecular weight is 397 g/mol. The number of carbonyl (C=O) groups is 2. The number of carbonyl (C=O) groups excluding carboxylic acids is 2. The third kappa shape index (κ3) is 1.98. The minimum absolute atomic E-state index is 0.376. The van der Waals surface area contributed by atoms with Crippen LogP contribution < -0.4 is 0 Å². The predicted molar refractivity (Wildman–Crippen MR) is 105 cm³/mol. The molecule has 6 saturated carbocycles. The minimum atomic E-state index is -1.11. The van der Waals surface area contributed by atoms with Gasteiger partial charge in [0.2, 0.25) is 0 Å². The Bertz CT molecular complexity index is 742. The second-order valence-electron chi connectivity index (χ2n) is 11.5. The van der Waals surface area contributed by atoms with Crippen molar-refractivity contribution in [2.24, 2.45) is 64.6 Å². The number of methoxy groups -OCH3 is 2. The summed E-state index contributed by atoms with van der Waals surface area (Å²) in [4.78, 5) is 25.9. The maximum absolute atomic E-state index is 12.9. The van der Waals surface area contributed by atoms with E-state index in [1.54, 1.807) is 0 Å². The lowest BCUT2D eigenvalue weighted by atomic mass is 9.82. The quantitative estimate of drug-likeness (QED) is 0.410. The van der Waals surface area contributed by atoms with Crippen molar-refractivity contribution in [2.75, 3.05) is 14.2 Å². The number of hydrogen-bond donors (Lipinski definition) is 0. The highest BCUT2D eigenvalue weighted by Gasteiger charge is 2.72. The molecule has 0 radical (unpaired) electrons. The normalized spacial score (nSPS) is 51.8. The van der Waals surface area contributed by atoms with Crippen LogP contribution in [0.15, 0.2) is 11.1 Å². The molecule has 0 saturated heterocycles. The topological polar surface area (TPSA) is 52.6 Å². The van der Waals surface area contributed by atoms with Crippen molar-refractivity contribution >= 4 is 11.9 Å². The predicted octanol–water partition coefficient (Wildman–Crippen LogP) is 3.99. The molecule has 0 N–H and O–H groups in total. The molecule has 0 aliphatic heterocycles. The molecule has 0 amide bonds. The van der Waals surface area contributed by atoms with Crippen molar-refractivity contribution in [1.29, 1.82) is 0 Å². The van der Waals surface area contributed by atoms with Gasteiger partial charge in [-0.3, -0.25) is 9.59 Å². The summed E-state index contributed by atoms with van der Waals surface area (Å²) in [6.45, 7) is 0. The lowest BCUT2D eigenvalue weighted by molar-refractivity contribution is -0.168. The molecule has 10 atom stereocenters. The Morgan fingerprint density at radius 1 is 0.690 bits per heavy atom. The van der Waals surface area contributed by atoms with Gasteiger partial charge in [0.15, 0.2) is 5.41 Å². The van der Waals surface area contributed by atoms with E-state index in [2.05, 4.69) is 0 Å². The van der Waals surface area contributed by atoms with Crippen molar-refractivity contribution in [1.82, 2.24) is 0 Å². The van der Waals surface area contributed by atoms with Crippen LogP contribution in [0.5, 0.6) is 0 Å². The monoisotopic (exact) mass is 396 g/mol. The molecule has 0 aromatic heterocycles. The molecule has 6 unspecified atom stereocenters. The minimum Gasteiger partial charge on any atom is -0.468 e. The van der Waals surface area contributed by atoms with E-state index >= 15 is 0 Å². The van der Waals surface area contributed by atoms with Gasteiger partial charge in [0.05, 0.1) is 14.2 Å². The summed E-state index contributed by atoms with van der Waals surface area (Å²) in [5.41, 5.74) is 1.93. The molecule has 156 valence electrons. The summed E-state index contributed by atoms with van der Waals surface area (Å²) in [5.74, 6) is 7.59. The van der Waals surface area contributed by atoms with Gasteiger partial charge in [0, 0.05) is 0 Å². The summed E-state index contributed by atoms with van der Waals surface area (Å²) >= 11 is 0. The number of fused-ring (bicyclic) bond motifs is 10. The van der Waals surface area contributed by atoms with Gasteiger partial charge < -0.3 is 9.47 Å². The standard InChI is InChI=1S/C25H32O4/c1-28-23(26)25(24(27)29-2)9-15(21-17-11-3-4-12(7-11)18(17)21)16(10-25)22-19-13-5-6-14(8-13)20(19)22/h11-14,17-22H,3-10H2,1-2H3/t11-,12+,13-,14+,17?,18?,19?,20?,21?,22?. The SMILES string of the molecule is COC(=O)C1(C(=O)OC)CC(C2C3C2[C@H]2CC[C@@H]3C2)=C(C2C3C2[C@H]2CC[C@@H]3C2)C1. The highest BCUT2D eigenvalue weighted by Crippen LogP contribution is 2.77. The fourth-order valence-corrected chi connectivity index (χ4v) is 9.95. The van der Waals surface area contributed by atoms with Crippen LogP contribution in [0.1, 0.15) is 51.4 Å². The first-order valence-corrected chi connectivity index (χ1v) is 12.0. The first-order chi connectivity index (χ1) is 14.1. The van der Waals surface area contributed by atoms with Crippen LogP contribution in [-0.2, 0) is 19.1 Å². The van der Waals surface area contributed by atoms with E-state index in [0.717, 1.165) is 47.3 Å². The summed E-state index contributed by atoms with van der Waals surface area (Å²) in [6.07, 6.45) is 9.64. The average Bonchev–Trinajstić information content (AvgIpc) is 3.25. The Labute approximate surface area is 172 Å². The smallest absolute Gasteiger partial charge is 0.323 e. The lowest BCUT2D eigenvalue weighted by Gasteiger charge is -2.24. The zero-order chi connectivity index (χ0) is 19.7. The maximum Gasteiger partial charge on any atom is 0.323 e. The van der Waals surface area contributed by atoms with Gasteiger partial charge in [-0.15, -0.1) is 0 Å². The molecule has 0 spiro atoms. The molecule has 7 aliphatic carbocycles. The van der Waals surface area contributed by atoms with Crippen molar-refractivity contribution in [3.05, 3.63) is 11.1 Å². The van der Waals surface area contributed by atoms with E-state index in [-0.39, 0.29) is 11.9 Å². The van der Waals surface area contributed by atoms with Crippen molar-refractivity contribution in [3.63, 3.8) is 0 Å². The van der Waals surface area contributed by atoms with Gasteiger partial charge in [-0.25, -0.2) is 0 Å². The van der Waals surface area contributed by atoms with Crippen LogP contribution in [0.2, 0.25) is 0 Å². The maximum atomic E-state index is 12.9. The highest BCUT2D eigenvalue weighted by molar-refractivity contribution is 6.01. The Hall–Kier alpha value is -1.32. The van der Waals surface area contributed by atoms with Crippen molar-refractivity contribution in [2.45, 2.75) is 51.4 Å². The number of rotatable bonds is 4. The number of esters is 2. The number of hydrogen-bond acceptors (Lipinski definition) is 4.